The number of benzene rings is 1. The summed E-state index contributed by atoms with van der Waals surface area (Å²) < 4.78 is 41.5. The van der Waals surface area contributed by atoms with Crippen molar-refractivity contribution in [1.82, 2.24) is 9.29 Å². The Hall–Kier alpha value is -2.32. The van der Waals surface area contributed by atoms with Crippen molar-refractivity contribution in [2.75, 3.05) is 0 Å². The molecule has 0 saturated carbocycles. The molecule has 1 heterocycles. The van der Waals surface area contributed by atoms with E-state index in [2.05, 4.69) is 4.98 Å². The number of halogens is 1. The first-order chi connectivity index (χ1) is 12.3. The summed E-state index contributed by atoms with van der Waals surface area (Å²) in [7, 11) is -4.02. The van der Waals surface area contributed by atoms with E-state index in [1.165, 1.54) is 31.3 Å². The zero-order valence-corrected chi connectivity index (χ0v) is 15.4. The molecule has 0 aliphatic rings. The van der Waals surface area contributed by atoms with Gasteiger partial charge >= 0.3 is 5.97 Å². The molecule has 2 unspecified atom stereocenters. The van der Waals surface area contributed by atoms with E-state index in [1.54, 1.807) is 25.1 Å². The minimum atomic E-state index is -4.02. The van der Waals surface area contributed by atoms with Crippen molar-refractivity contribution in [3.63, 3.8) is 0 Å². The third kappa shape index (κ3) is 4.25. The lowest BCUT2D eigenvalue weighted by atomic mass is 10.1. The minimum absolute atomic E-state index is 0.0324. The molecule has 1 N–H and O–H groups in total. The van der Waals surface area contributed by atoms with Gasteiger partial charge in [0.1, 0.15) is 6.17 Å². The van der Waals surface area contributed by atoms with E-state index in [9.17, 15) is 22.7 Å². The highest BCUT2D eigenvalue weighted by Crippen LogP contribution is 2.26. The molecule has 0 spiro atoms. The van der Waals surface area contributed by atoms with E-state index in [1.807, 2.05) is 0 Å². The molecule has 6 nitrogen and oxygen atoms in total. The quantitative estimate of drug-likeness (QED) is 0.760. The van der Waals surface area contributed by atoms with Crippen LogP contribution in [0.15, 0.2) is 53.7 Å². The van der Waals surface area contributed by atoms with Gasteiger partial charge in [-0.15, -0.1) is 0 Å². The van der Waals surface area contributed by atoms with Crippen LogP contribution in [-0.2, 0) is 16.6 Å². The number of carbonyl (C=O) groups is 1. The average Bonchev–Trinajstić information content (AvgIpc) is 2.62. The molecular formula is C18H21FN2O4S. The fraction of sp³-hybridized carbons (Fsp3) is 0.333. The maximum atomic E-state index is 14.2. The number of carboxylic acids is 1. The third-order valence-electron chi connectivity index (χ3n) is 4.14. The third-order valence-corrected chi connectivity index (χ3v) is 6.02. The number of hydrogen-bond donors (Lipinski definition) is 1. The zero-order valence-electron chi connectivity index (χ0n) is 14.5. The van der Waals surface area contributed by atoms with Crippen LogP contribution in [0.4, 0.5) is 4.39 Å². The fourth-order valence-corrected chi connectivity index (χ4v) is 4.54. The normalized spacial score (nSPS) is 14.2. The van der Waals surface area contributed by atoms with E-state index in [-0.39, 0.29) is 29.0 Å². The standard InChI is InChI=1S/C18H21FN2O4S/c1-3-17(13(2)19)21(26(24,25)15-7-5-4-6-8-15)12-14-9-10-20-11-16(14)18(22)23/h4-11,13,17H,3,12H2,1-2H3,(H,22,23). The number of nitrogens with zero attached hydrogens (tertiary/aromatic N) is 2. The average molecular weight is 380 g/mol. The molecule has 0 aliphatic carbocycles. The van der Waals surface area contributed by atoms with Gasteiger partial charge in [-0.2, -0.15) is 4.31 Å². The van der Waals surface area contributed by atoms with Crippen LogP contribution in [-0.4, -0.2) is 41.0 Å². The molecule has 26 heavy (non-hydrogen) atoms. The zero-order chi connectivity index (χ0) is 19.3. The topological polar surface area (TPSA) is 87.6 Å². The Balaban J connectivity index is 2.55. The van der Waals surface area contributed by atoms with Crippen molar-refractivity contribution in [2.45, 2.75) is 43.9 Å². The van der Waals surface area contributed by atoms with Gasteiger partial charge in [0, 0.05) is 18.9 Å². The molecular weight excluding hydrogens is 359 g/mol. The summed E-state index contributed by atoms with van der Waals surface area (Å²) in [6.45, 7) is 2.74. The van der Waals surface area contributed by atoms with Gasteiger partial charge in [-0.1, -0.05) is 25.1 Å². The highest BCUT2D eigenvalue weighted by molar-refractivity contribution is 7.89. The summed E-state index contributed by atoms with van der Waals surface area (Å²) in [6.07, 6.45) is 1.37. The molecule has 140 valence electrons. The summed E-state index contributed by atoms with van der Waals surface area (Å²) in [6, 6.07) is 8.23. The number of hydrogen-bond acceptors (Lipinski definition) is 4. The molecule has 8 heteroatoms. The second kappa shape index (κ2) is 8.37. The first-order valence-electron chi connectivity index (χ1n) is 8.16. The number of carboxylic acid groups (broad SMARTS) is 1. The van der Waals surface area contributed by atoms with Crippen LogP contribution in [0.1, 0.15) is 36.2 Å². The number of sulfonamides is 1. The lowest BCUT2D eigenvalue weighted by Crippen LogP contribution is -2.44. The monoisotopic (exact) mass is 380 g/mol. The number of aromatic carboxylic acids is 1. The van der Waals surface area contributed by atoms with Crippen LogP contribution >= 0.6 is 0 Å². The van der Waals surface area contributed by atoms with Gasteiger partial charge in [-0.25, -0.2) is 17.6 Å². The minimum Gasteiger partial charge on any atom is -0.478 e. The summed E-state index contributed by atoms with van der Waals surface area (Å²) >= 11 is 0. The van der Waals surface area contributed by atoms with Crippen molar-refractivity contribution in [3.8, 4) is 0 Å². The molecule has 0 saturated heterocycles. The first kappa shape index (κ1) is 20.0. The van der Waals surface area contributed by atoms with Crippen molar-refractivity contribution in [1.29, 1.82) is 0 Å². The smallest absolute Gasteiger partial charge is 0.337 e. The largest absolute Gasteiger partial charge is 0.478 e. The Morgan fingerprint density at radius 2 is 1.92 bits per heavy atom. The second-order valence-electron chi connectivity index (χ2n) is 5.85. The van der Waals surface area contributed by atoms with Gasteiger partial charge in [-0.3, -0.25) is 4.98 Å². The van der Waals surface area contributed by atoms with Crippen LogP contribution in [0, 0.1) is 0 Å². The number of alkyl halides is 1. The molecule has 2 rings (SSSR count). The molecule has 0 amide bonds. The fourth-order valence-electron chi connectivity index (χ4n) is 2.79. The van der Waals surface area contributed by atoms with Gasteiger partial charge < -0.3 is 5.11 Å². The highest BCUT2D eigenvalue weighted by Gasteiger charge is 2.34. The Morgan fingerprint density at radius 1 is 1.27 bits per heavy atom. The Bertz CT molecular complexity index is 857. The van der Waals surface area contributed by atoms with Crippen molar-refractivity contribution in [3.05, 3.63) is 59.9 Å². The predicted molar refractivity (Wildman–Crippen MR) is 95.0 cm³/mol. The number of rotatable bonds is 8. The van der Waals surface area contributed by atoms with Gasteiger partial charge in [-0.05, 0) is 37.1 Å². The van der Waals surface area contributed by atoms with Gasteiger partial charge in [0.25, 0.3) is 0 Å². The van der Waals surface area contributed by atoms with Gasteiger partial charge in [0.2, 0.25) is 10.0 Å². The van der Waals surface area contributed by atoms with E-state index in [0.29, 0.717) is 0 Å². The summed E-state index contributed by atoms with van der Waals surface area (Å²) in [5.41, 5.74) is 0.147. The van der Waals surface area contributed by atoms with Gasteiger partial charge in [0.05, 0.1) is 16.5 Å². The summed E-state index contributed by atoms with van der Waals surface area (Å²) in [5.74, 6) is -1.22. The molecule has 0 aliphatic heterocycles. The van der Waals surface area contributed by atoms with Crippen LogP contribution in [0.2, 0.25) is 0 Å². The van der Waals surface area contributed by atoms with E-state index >= 15 is 0 Å². The predicted octanol–water partition coefficient (Wildman–Crippen LogP) is 3.11. The maximum absolute atomic E-state index is 14.2. The SMILES string of the molecule is CCC(C(C)F)N(Cc1ccncc1C(=O)O)S(=O)(=O)c1ccccc1. The molecule has 0 fully saturated rings. The summed E-state index contributed by atoms with van der Waals surface area (Å²) in [5, 5.41) is 9.32. The lowest BCUT2D eigenvalue weighted by Gasteiger charge is -2.31. The van der Waals surface area contributed by atoms with Gasteiger partial charge in [0.15, 0.2) is 0 Å². The van der Waals surface area contributed by atoms with E-state index in [0.717, 1.165) is 10.5 Å². The van der Waals surface area contributed by atoms with Crippen molar-refractivity contribution in [2.24, 2.45) is 0 Å². The Labute approximate surface area is 152 Å². The highest BCUT2D eigenvalue weighted by atomic mass is 32.2. The van der Waals surface area contributed by atoms with E-state index in [4.69, 9.17) is 0 Å². The summed E-state index contributed by atoms with van der Waals surface area (Å²) in [4.78, 5) is 15.2. The van der Waals surface area contributed by atoms with E-state index < -0.39 is 28.2 Å². The van der Waals surface area contributed by atoms with Crippen molar-refractivity contribution < 1.29 is 22.7 Å². The number of aromatic nitrogens is 1. The second-order valence-corrected chi connectivity index (χ2v) is 7.74. The molecule has 1 aromatic carbocycles. The van der Waals surface area contributed by atoms with Crippen LogP contribution in [0.5, 0.6) is 0 Å². The number of pyridine rings is 1. The Morgan fingerprint density at radius 3 is 2.46 bits per heavy atom. The first-order valence-corrected chi connectivity index (χ1v) is 9.60. The maximum Gasteiger partial charge on any atom is 0.337 e. The molecule has 2 aromatic rings. The van der Waals surface area contributed by atoms with Crippen LogP contribution < -0.4 is 0 Å². The molecule has 0 bridgehead atoms. The Kier molecular flexibility index (Phi) is 6.44. The lowest BCUT2D eigenvalue weighted by molar-refractivity contribution is 0.0694. The van der Waals surface area contributed by atoms with Crippen LogP contribution in [0.25, 0.3) is 0 Å². The van der Waals surface area contributed by atoms with Crippen LogP contribution in [0.3, 0.4) is 0 Å². The molecule has 0 radical (unpaired) electrons. The van der Waals surface area contributed by atoms with Crippen molar-refractivity contribution >= 4 is 16.0 Å². The molecule has 1 aromatic heterocycles. The molecule has 2 atom stereocenters.